The molecule has 2 heteroatoms. The van der Waals surface area contributed by atoms with Crippen LogP contribution in [-0.2, 0) is 0 Å². The van der Waals surface area contributed by atoms with Crippen molar-refractivity contribution in [2.45, 2.75) is 38.6 Å². The number of rotatable bonds is 3. The minimum absolute atomic E-state index is 0.687. The van der Waals surface area contributed by atoms with Crippen molar-refractivity contribution in [3.8, 4) is 0 Å². The van der Waals surface area contributed by atoms with Gasteiger partial charge in [0.05, 0.1) is 0 Å². The van der Waals surface area contributed by atoms with Gasteiger partial charge < -0.3 is 5.32 Å². The number of halogens is 1. The van der Waals surface area contributed by atoms with Crippen LogP contribution in [0.2, 0.25) is 0 Å². The van der Waals surface area contributed by atoms with Gasteiger partial charge in [-0.05, 0) is 50.4 Å². The second-order valence-electron chi connectivity index (χ2n) is 4.90. The molecule has 2 rings (SSSR count). The third-order valence-corrected chi connectivity index (χ3v) is 3.74. The van der Waals surface area contributed by atoms with Gasteiger partial charge in [-0.2, -0.15) is 0 Å². The molecule has 92 valence electrons. The van der Waals surface area contributed by atoms with Gasteiger partial charge >= 0.3 is 0 Å². The molecular formula is C15H20BrN. The molecule has 1 unspecified atom stereocenters. The standard InChI is InChI=1S/C15H20BrN/c1-12(10-15-7-2-3-8-17-15)9-13-5-4-6-14(16)11-13/h4-6,9,11,15,17H,2-3,7-8,10H2,1H3/b12-9-. The Morgan fingerprint density at radius 3 is 3.06 bits per heavy atom. The van der Waals surface area contributed by atoms with Gasteiger partial charge in [-0.1, -0.05) is 46.1 Å². The maximum atomic E-state index is 3.60. The predicted octanol–water partition coefficient (Wildman–Crippen LogP) is 4.38. The second-order valence-corrected chi connectivity index (χ2v) is 5.81. The lowest BCUT2D eigenvalue weighted by atomic mass is 9.97. The molecule has 1 N–H and O–H groups in total. The minimum Gasteiger partial charge on any atom is -0.314 e. The van der Waals surface area contributed by atoms with Crippen LogP contribution < -0.4 is 5.32 Å². The van der Waals surface area contributed by atoms with Crippen LogP contribution in [0.4, 0.5) is 0 Å². The summed E-state index contributed by atoms with van der Waals surface area (Å²) in [6.45, 7) is 3.42. The number of piperidine rings is 1. The first kappa shape index (κ1) is 12.8. The molecule has 0 radical (unpaired) electrons. The Labute approximate surface area is 112 Å². The summed E-state index contributed by atoms with van der Waals surface area (Å²) in [6.07, 6.45) is 7.50. The van der Waals surface area contributed by atoms with Gasteiger partial charge in [-0.25, -0.2) is 0 Å². The van der Waals surface area contributed by atoms with Gasteiger partial charge in [0.2, 0.25) is 0 Å². The monoisotopic (exact) mass is 293 g/mol. The van der Waals surface area contributed by atoms with Gasteiger partial charge in [0, 0.05) is 10.5 Å². The zero-order valence-electron chi connectivity index (χ0n) is 10.4. The summed E-state index contributed by atoms with van der Waals surface area (Å²) in [5.74, 6) is 0. The van der Waals surface area contributed by atoms with Crippen LogP contribution in [0.3, 0.4) is 0 Å². The molecular weight excluding hydrogens is 274 g/mol. The zero-order chi connectivity index (χ0) is 12.1. The van der Waals surface area contributed by atoms with Crippen LogP contribution >= 0.6 is 15.9 Å². The highest BCUT2D eigenvalue weighted by molar-refractivity contribution is 9.10. The highest BCUT2D eigenvalue weighted by Gasteiger charge is 2.12. The van der Waals surface area contributed by atoms with Crippen LogP contribution in [0.25, 0.3) is 6.08 Å². The molecule has 1 nitrogen and oxygen atoms in total. The Balaban J connectivity index is 1.96. The third kappa shape index (κ3) is 4.29. The number of benzene rings is 1. The molecule has 1 aromatic rings. The van der Waals surface area contributed by atoms with Crippen LogP contribution in [0.15, 0.2) is 34.3 Å². The van der Waals surface area contributed by atoms with Crippen molar-refractivity contribution in [1.82, 2.24) is 5.32 Å². The van der Waals surface area contributed by atoms with E-state index in [-0.39, 0.29) is 0 Å². The molecule has 0 aliphatic carbocycles. The summed E-state index contributed by atoms with van der Waals surface area (Å²) in [6, 6.07) is 9.16. The third-order valence-electron chi connectivity index (χ3n) is 3.24. The summed E-state index contributed by atoms with van der Waals surface area (Å²) in [7, 11) is 0. The molecule has 0 saturated carbocycles. The van der Waals surface area contributed by atoms with E-state index in [9.17, 15) is 0 Å². The van der Waals surface area contributed by atoms with Gasteiger partial charge in [-0.15, -0.1) is 0 Å². The molecule has 1 aliphatic heterocycles. The summed E-state index contributed by atoms with van der Waals surface area (Å²) < 4.78 is 1.15. The largest absolute Gasteiger partial charge is 0.314 e. The highest BCUT2D eigenvalue weighted by Crippen LogP contribution is 2.19. The van der Waals surface area contributed by atoms with Crippen LogP contribution in [-0.4, -0.2) is 12.6 Å². The molecule has 1 heterocycles. The molecule has 1 atom stereocenters. The van der Waals surface area contributed by atoms with Gasteiger partial charge in [0.1, 0.15) is 0 Å². The van der Waals surface area contributed by atoms with Crippen molar-refractivity contribution in [2.24, 2.45) is 0 Å². The average molecular weight is 294 g/mol. The first-order chi connectivity index (χ1) is 8.24. The van der Waals surface area contributed by atoms with E-state index in [0.717, 1.165) is 4.47 Å². The normalized spacial score (nSPS) is 21.5. The Hall–Kier alpha value is -0.600. The van der Waals surface area contributed by atoms with Crippen molar-refractivity contribution >= 4 is 22.0 Å². The van der Waals surface area contributed by atoms with E-state index >= 15 is 0 Å². The fourth-order valence-electron chi connectivity index (χ4n) is 2.43. The second kappa shape index (κ2) is 6.36. The summed E-state index contributed by atoms with van der Waals surface area (Å²) in [5, 5.41) is 3.60. The average Bonchev–Trinajstić information content (AvgIpc) is 2.30. The lowest BCUT2D eigenvalue weighted by Crippen LogP contribution is -2.33. The molecule has 1 aromatic carbocycles. The smallest absolute Gasteiger partial charge is 0.0181 e. The van der Waals surface area contributed by atoms with Crippen LogP contribution in [0, 0.1) is 0 Å². The fraction of sp³-hybridized carbons (Fsp3) is 0.467. The highest BCUT2D eigenvalue weighted by atomic mass is 79.9. The Bertz CT molecular complexity index is 392. The van der Waals surface area contributed by atoms with Crippen molar-refractivity contribution in [1.29, 1.82) is 0 Å². The van der Waals surface area contributed by atoms with E-state index in [0.29, 0.717) is 6.04 Å². The topological polar surface area (TPSA) is 12.0 Å². The van der Waals surface area contributed by atoms with Crippen molar-refractivity contribution in [3.63, 3.8) is 0 Å². The lowest BCUT2D eigenvalue weighted by molar-refractivity contribution is 0.399. The molecule has 1 aliphatic rings. The van der Waals surface area contributed by atoms with E-state index in [1.165, 1.54) is 43.4 Å². The first-order valence-electron chi connectivity index (χ1n) is 6.40. The predicted molar refractivity (Wildman–Crippen MR) is 78.1 cm³/mol. The van der Waals surface area contributed by atoms with E-state index in [1.54, 1.807) is 0 Å². The number of nitrogens with one attached hydrogen (secondary N) is 1. The molecule has 0 amide bonds. The maximum Gasteiger partial charge on any atom is 0.0181 e. The van der Waals surface area contributed by atoms with Crippen molar-refractivity contribution < 1.29 is 0 Å². The van der Waals surface area contributed by atoms with Crippen LogP contribution in [0.1, 0.15) is 38.2 Å². The minimum atomic E-state index is 0.687. The van der Waals surface area contributed by atoms with Crippen molar-refractivity contribution in [2.75, 3.05) is 6.54 Å². The molecule has 1 saturated heterocycles. The summed E-state index contributed by atoms with van der Waals surface area (Å²) >= 11 is 3.51. The number of hydrogen-bond acceptors (Lipinski definition) is 1. The molecule has 0 bridgehead atoms. The molecule has 0 aromatic heterocycles. The SMILES string of the molecule is C/C(=C/c1cccc(Br)c1)CC1CCCCN1. The summed E-state index contributed by atoms with van der Waals surface area (Å²) in [4.78, 5) is 0. The fourth-order valence-corrected chi connectivity index (χ4v) is 2.84. The van der Waals surface area contributed by atoms with E-state index in [1.807, 2.05) is 0 Å². The van der Waals surface area contributed by atoms with Gasteiger partial charge in [0.15, 0.2) is 0 Å². The Morgan fingerprint density at radius 2 is 2.35 bits per heavy atom. The molecule has 0 spiro atoms. The quantitative estimate of drug-likeness (QED) is 0.872. The maximum absolute atomic E-state index is 3.60. The number of hydrogen-bond donors (Lipinski definition) is 1. The van der Waals surface area contributed by atoms with E-state index < -0.39 is 0 Å². The molecule has 1 fully saturated rings. The lowest BCUT2D eigenvalue weighted by Gasteiger charge is -2.23. The van der Waals surface area contributed by atoms with Gasteiger partial charge in [0.25, 0.3) is 0 Å². The van der Waals surface area contributed by atoms with Gasteiger partial charge in [-0.3, -0.25) is 0 Å². The van der Waals surface area contributed by atoms with Crippen molar-refractivity contribution in [3.05, 3.63) is 39.9 Å². The Morgan fingerprint density at radius 1 is 1.47 bits per heavy atom. The van der Waals surface area contributed by atoms with E-state index in [4.69, 9.17) is 0 Å². The molecule has 17 heavy (non-hydrogen) atoms. The zero-order valence-corrected chi connectivity index (χ0v) is 12.0. The Kier molecular flexibility index (Phi) is 4.81. The summed E-state index contributed by atoms with van der Waals surface area (Å²) in [5.41, 5.74) is 2.75. The van der Waals surface area contributed by atoms with E-state index in [2.05, 4.69) is 58.5 Å². The first-order valence-corrected chi connectivity index (χ1v) is 7.19. The van der Waals surface area contributed by atoms with Crippen LogP contribution in [0.5, 0.6) is 0 Å².